The Morgan fingerprint density at radius 2 is 0.833 bits per heavy atom. The zero-order valence-electron chi connectivity index (χ0n) is 26.7. The van der Waals surface area contributed by atoms with E-state index in [0.29, 0.717) is 24.6 Å². The Labute approximate surface area is 277 Å². The van der Waals surface area contributed by atoms with Crippen molar-refractivity contribution in [3.8, 4) is 22.3 Å². The molecule has 0 aliphatic heterocycles. The molecule has 0 atom stereocenters. The lowest BCUT2D eigenvalue weighted by Gasteiger charge is -2.05. The molecule has 6 aromatic carbocycles. The standard InChI is InChI=1S/2C21H17NO2/c2*1-2-24-21(23)20-18(15-9-4-3-5-10-15)17-13-12-14-8-6-7-11-16(14)19(17)22-20/h2*3-13,22H,2H2,1H3. The Bertz CT molecular complexity index is 2230. The van der Waals surface area contributed by atoms with Crippen LogP contribution in [0, 0.1) is 0 Å². The number of carbonyl (C=O) groups is 2. The lowest BCUT2D eigenvalue weighted by Crippen LogP contribution is -2.06. The normalized spacial score (nSPS) is 11.0. The average Bonchev–Trinajstić information content (AvgIpc) is 3.73. The van der Waals surface area contributed by atoms with Crippen molar-refractivity contribution in [2.24, 2.45) is 0 Å². The van der Waals surface area contributed by atoms with Crippen LogP contribution in [0.5, 0.6) is 0 Å². The summed E-state index contributed by atoms with van der Waals surface area (Å²) < 4.78 is 10.5. The minimum Gasteiger partial charge on any atom is -0.461 e. The van der Waals surface area contributed by atoms with Gasteiger partial charge in [-0.3, -0.25) is 0 Å². The van der Waals surface area contributed by atoms with Crippen LogP contribution in [0.3, 0.4) is 0 Å². The molecule has 2 aromatic heterocycles. The molecule has 6 heteroatoms. The summed E-state index contributed by atoms with van der Waals surface area (Å²) in [6.07, 6.45) is 0. The predicted octanol–water partition coefficient (Wildman–Crippen LogP) is 10.3. The summed E-state index contributed by atoms with van der Waals surface area (Å²) in [5, 5.41) is 6.54. The number of aromatic amines is 2. The summed E-state index contributed by atoms with van der Waals surface area (Å²) in [4.78, 5) is 31.6. The van der Waals surface area contributed by atoms with Crippen molar-refractivity contribution in [2.75, 3.05) is 13.2 Å². The second kappa shape index (κ2) is 13.3. The summed E-state index contributed by atoms with van der Waals surface area (Å²) in [6, 6.07) is 44.5. The zero-order valence-corrected chi connectivity index (χ0v) is 26.7. The molecule has 8 rings (SSSR count). The molecular weight excluding hydrogens is 596 g/mol. The zero-order chi connectivity index (χ0) is 33.0. The summed E-state index contributed by atoms with van der Waals surface area (Å²) in [6.45, 7) is 4.34. The molecule has 0 saturated carbocycles. The molecule has 0 aliphatic carbocycles. The summed E-state index contributed by atoms with van der Waals surface area (Å²) in [5.41, 5.74) is 6.75. The minimum atomic E-state index is -0.323. The van der Waals surface area contributed by atoms with Crippen molar-refractivity contribution in [1.29, 1.82) is 0 Å². The van der Waals surface area contributed by atoms with Gasteiger partial charge in [-0.25, -0.2) is 9.59 Å². The van der Waals surface area contributed by atoms with Gasteiger partial charge in [-0.15, -0.1) is 0 Å². The van der Waals surface area contributed by atoms with Gasteiger partial charge in [0, 0.05) is 32.7 Å². The van der Waals surface area contributed by atoms with E-state index in [9.17, 15) is 9.59 Å². The number of rotatable bonds is 6. The highest BCUT2D eigenvalue weighted by Crippen LogP contribution is 2.38. The Kier molecular flexibility index (Phi) is 8.46. The van der Waals surface area contributed by atoms with Crippen molar-refractivity contribution in [1.82, 2.24) is 9.97 Å². The molecule has 48 heavy (non-hydrogen) atoms. The number of ether oxygens (including phenoxy) is 2. The van der Waals surface area contributed by atoms with Crippen molar-refractivity contribution in [3.63, 3.8) is 0 Å². The second-order valence-corrected chi connectivity index (χ2v) is 11.3. The highest BCUT2D eigenvalue weighted by atomic mass is 16.5. The van der Waals surface area contributed by atoms with E-state index in [0.717, 1.165) is 65.6 Å². The number of aromatic nitrogens is 2. The van der Waals surface area contributed by atoms with Crippen LogP contribution in [0.2, 0.25) is 0 Å². The van der Waals surface area contributed by atoms with Crippen LogP contribution in [0.25, 0.3) is 65.6 Å². The molecule has 0 saturated heterocycles. The van der Waals surface area contributed by atoms with Gasteiger partial charge < -0.3 is 19.4 Å². The molecule has 0 amide bonds. The fraction of sp³-hybridized carbons (Fsp3) is 0.0952. The summed E-state index contributed by atoms with van der Waals surface area (Å²) in [7, 11) is 0. The number of esters is 2. The SMILES string of the molecule is CCOC(=O)c1[nH]c2c(ccc3ccccc32)c1-c1ccccc1.CCOC(=O)c1[nH]c2c(ccc3ccccc32)c1-c1ccccc1. The summed E-state index contributed by atoms with van der Waals surface area (Å²) >= 11 is 0. The van der Waals surface area contributed by atoms with E-state index < -0.39 is 0 Å². The average molecular weight is 631 g/mol. The molecule has 8 aromatic rings. The third kappa shape index (κ3) is 5.58. The van der Waals surface area contributed by atoms with Crippen molar-refractivity contribution in [3.05, 3.63) is 145 Å². The van der Waals surface area contributed by atoms with Gasteiger partial charge in [0.1, 0.15) is 11.4 Å². The lowest BCUT2D eigenvalue weighted by atomic mass is 9.99. The van der Waals surface area contributed by atoms with Gasteiger partial charge in [-0.2, -0.15) is 0 Å². The molecule has 0 spiro atoms. The quantitative estimate of drug-likeness (QED) is 0.179. The van der Waals surface area contributed by atoms with Crippen LogP contribution >= 0.6 is 0 Å². The van der Waals surface area contributed by atoms with Crippen LogP contribution in [-0.2, 0) is 9.47 Å². The first-order valence-corrected chi connectivity index (χ1v) is 16.1. The van der Waals surface area contributed by atoms with Crippen molar-refractivity contribution in [2.45, 2.75) is 13.8 Å². The third-order valence-corrected chi connectivity index (χ3v) is 8.48. The molecule has 0 aliphatic rings. The topological polar surface area (TPSA) is 84.2 Å². The van der Waals surface area contributed by atoms with E-state index in [1.807, 2.05) is 98.8 Å². The smallest absolute Gasteiger partial charge is 0.355 e. The molecule has 2 heterocycles. The Morgan fingerprint density at radius 1 is 0.458 bits per heavy atom. The molecule has 0 fully saturated rings. The fourth-order valence-electron chi connectivity index (χ4n) is 6.40. The van der Waals surface area contributed by atoms with Crippen molar-refractivity contribution < 1.29 is 19.1 Å². The van der Waals surface area contributed by atoms with Gasteiger partial charge in [0.15, 0.2) is 0 Å². The third-order valence-electron chi connectivity index (χ3n) is 8.48. The molecule has 236 valence electrons. The summed E-state index contributed by atoms with van der Waals surface area (Å²) in [5.74, 6) is -0.645. The maximum atomic E-state index is 12.5. The number of nitrogens with one attached hydrogen (secondary N) is 2. The largest absolute Gasteiger partial charge is 0.461 e. The van der Waals surface area contributed by atoms with E-state index in [-0.39, 0.29) is 11.9 Å². The highest BCUT2D eigenvalue weighted by molar-refractivity contribution is 6.17. The monoisotopic (exact) mass is 630 g/mol. The first-order chi connectivity index (χ1) is 23.6. The molecule has 0 unspecified atom stereocenters. The highest BCUT2D eigenvalue weighted by Gasteiger charge is 2.22. The molecule has 0 radical (unpaired) electrons. The molecule has 6 nitrogen and oxygen atoms in total. The lowest BCUT2D eigenvalue weighted by molar-refractivity contribution is 0.0512. The van der Waals surface area contributed by atoms with E-state index in [2.05, 4.69) is 58.5 Å². The number of hydrogen-bond acceptors (Lipinski definition) is 4. The van der Waals surface area contributed by atoms with Crippen LogP contribution in [0.1, 0.15) is 34.8 Å². The predicted molar refractivity (Wildman–Crippen MR) is 194 cm³/mol. The Morgan fingerprint density at radius 3 is 1.23 bits per heavy atom. The van der Waals surface area contributed by atoms with Gasteiger partial charge >= 0.3 is 11.9 Å². The first kappa shape index (κ1) is 30.5. The van der Waals surface area contributed by atoms with Gasteiger partial charge in [0.2, 0.25) is 0 Å². The van der Waals surface area contributed by atoms with E-state index in [1.54, 1.807) is 0 Å². The fourth-order valence-corrected chi connectivity index (χ4v) is 6.40. The second-order valence-electron chi connectivity index (χ2n) is 11.3. The van der Waals surface area contributed by atoms with Gasteiger partial charge in [-0.1, -0.05) is 133 Å². The van der Waals surface area contributed by atoms with Gasteiger partial charge in [0.25, 0.3) is 0 Å². The van der Waals surface area contributed by atoms with Crippen molar-refractivity contribution >= 4 is 55.3 Å². The molecule has 2 N–H and O–H groups in total. The van der Waals surface area contributed by atoms with Crippen LogP contribution in [-0.4, -0.2) is 35.1 Å². The Balaban J connectivity index is 0.000000152. The minimum absolute atomic E-state index is 0.323. The first-order valence-electron chi connectivity index (χ1n) is 16.1. The number of hydrogen-bond donors (Lipinski definition) is 2. The molecular formula is C42H34N2O4. The van der Waals surface area contributed by atoms with Crippen LogP contribution < -0.4 is 0 Å². The van der Waals surface area contributed by atoms with E-state index in [1.165, 1.54) is 0 Å². The maximum absolute atomic E-state index is 12.5. The Hall–Kier alpha value is -6.14. The number of fused-ring (bicyclic) bond motifs is 6. The van der Waals surface area contributed by atoms with Crippen LogP contribution in [0.4, 0.5) is 0 Å². The van der Waals surface area contributed by atoms with Gasteiger partial charge in [-0.05, 0) is 35.7 Å². The van der Waals surface area contributed by atoms with Gasteiger partial charge in [0.05, 0.1) is 24.2 Å². The van der Waals surface area contributed by atoms with Crippen LogP contribution in [0.15, 0.2) is 133 Å². The maximum Gasteiger partial charge on any atom is 0.355 e. The number of H-pyrrole nitrogens is 2. The number of carbonyl (C=O) groups excluding carboxylic acids is 2. The number of benzene rings is 6. The van der Waals surface area contributed by atoms with E-state index in [4.69, 9.17) is 9.47 Å². The van der Waals surface area contributed by atoms with E-state index >= 15 is 0 Å². The molecule has 0 bridgehead atoms.